The first-order valence-corrected chi connectivity index (χ1v) is 17.7. The fraction of sp³-hybridized carbons (Fsp3) is 0.0435. The molecule has 2 heterocycles. The Bertz CT molecular complexity index is 2480. The zero-order valence-corrected chi connectivity index (χ0v) is 27.9. The van der Waals surface area contributed by atoms with E-state index < -0.39 is 0 Å². The topological polar surface area (TPSA) is 8.17 Å². The molecule has 0 atom stereocenters. The zero-order chi connectivity index (χ0) is 32.7. The van der Waals surface area contributed by atoms with Crippen molar-refractivity contribution in [2.45, 2.75) is 12.8 Å². The molecule has 2 nitrogen and oxygen atoms in total. The van der Waals surface area contributed by atoms with Crippen LogP contribution in [0.5, 0.6) is 0 Å². The fourth-order valence-corrected chi connectivity index (χ4v) is 8.67. The van der Waals surface area contributed by atoms with Gasteiger partial charge in [-0.25, -0.2) is 0 Å². The third kappa shape index (κ3) is 5.06. The Morgan fingerprint density at radius 3 is 2.16 bits per heavy atom. The number of nitrogens with zero attached hydrogens (tertiary/aromatic N) is 2. The molecule has 0 saturated carbocycles. The molecular formula is C46H34N2S. The van der Waals surface area contributed by atoms with E-state index in [0.29, 0.717) is 0 Å². The van der Waals surface area contributed by atoms with Gasteiger partial charge in [-0.2, -0.15) is 0 Å². The van der Waals surface area contributed by atoms with Crippen molar-refractivity contribution in [2.24, 2.45) is 0 Å². The molecule has 0 amide bonds. The Hall–Kier alpha value is -5.77. The molecule has 9 rings (SSSR count). The van der Waals surface area contributed by atoms with Gasteiger partial charge in [0.25, 0.3) is 0 Å². The second-order valence-electron chi connectivity index (χ2n) is 12.5. The van der Waals surface area contributed by atoms with Crippen molar-refractivity contribution in [3.63, 3.8) is 0 Å². The molecule has 1 aromatic heterocycles. The maximum atomic E-state index is 3.80. The summed E-state index contributed by atoms with van der Waals surface area (Å²) in [5.41, 5.74) is 13.8. The Balaban J connectivity index is 1.17. The van der Waals surface area contributed by atoms with Crippen LogP contribution in [0.25, 0.3) is 43.5 Å². The largest absolute Gasteiger partial charge is 0.310 e. The van der Waals surface area contributed by atoms with Gasteiger partial charge in [-0.3, -0.25) is 0 Å². The fourth-order valence-electron chi connectivity index (χ4n) is 7.49. The monoisotopic (exact) mass is 646 g/mol. The molecule has 0 bridgehead atoms. The number of anilines is 3. The second-order valence-corrected chi connectivity index (χ2v) is 13.6. The SMILES string of the molecule is C=C/C=C\C=C1/SC2=C1CCc1c2cccc1-c1cccc(N(c2ccccc2)c2ccc3c4ccccc4n(-c4ccccc4)c3c2)c1. The minimum atomic E-state index is 1.04. The van der Waals surface area contributed by atoms with Crippen molar-refractivity contribution in [3.05, 3.63) is 198 Å². The van der Waals surface area contributed by atoms with Gasteiger partial charge in [0.2, 0.25) is 0 Å². The van der Waals surface area contributed by atoms with Gasteiger partial charge in [0, 0.05) is 43.3 Å². The standard InChI is InChI=1S/C46H34N2S/c1-2-3-6-25-45-42-29-28-38-37(22-14-23-41(38)46(42)49-45)32-15-13-20-35(30-32)47(33-16-7-4-8-17-33)36-26-27-40-39-21-11-12-24-43(39)48(44(40)31-36)34-18-9-5-10-19-34/h2-27,30-31H,1,28-29H2/b6-3-,45-25-. The van der Waals surface area contributed by atoms with Crippen LogP contribution in [-0.4, -0.2) is 4.57 Å². The predicted molar refractivity (Wildman–Crippen MR) is 211 cm³/mol. The minimum absolute atomic E-state index is 1.04. The maximum Gasteiger partial charge on any atom is 0.0561 e. The van der Waals surface area contributed by atoms with Gasteiger partial charge in [-0.1, -0.05) is 128 Å². The van der Waals surface area contributed by atoms with Crippen LogP contribution in [0.4, 0.5) is 17.1 Å². The molecule has 3 heteroatoms. The first-order valence-electron chi connectivity index (χ1n) is 16.9. The van der Waals surface area contributed by atoms with Crippen molar-refractivity contribution in [2.75, 3.05) is 4.90 Å². The summed E-state index contributed by atoms with van der Waals surface area (Å²) in [6.45, 7) is 3.80. The highest BCUT2D eigenvalue weighted by atomic mass is 32.2. The molecule has 2 aliphatic rings. The van der Waals surface area contributed by atoms with E-state index in [1.807, 2.05) is 23.9 Å². The molecule has 49 heavy (non-hydrogen) atoms. The molecule has 1 aliphatic heterocycles. The van der Waals surface area contributed by atoms with Gasteiger partial charge in [0.05, 0.1) is 11.0 Å². The molecule has 0 N–H and O–H groups in total. The Morgan fingerprint density at radius 1 is 0.592 bits per heavy atom. The number of fused-ring (bicyclic) bond motifs is 5. The Labute approximate surface area is 291 Å². The number of aromatic nitrogens is 1. The van der Waals surface area contributed by atoms with Crippen molar-refractivity contribution < 1.29 is 0 Å². The quantitative estimate of drug-likeness (QED) is 0.159. The smallest absolute Gasteiger partial charge is 0.0561 e. The second kappa shape index (κ2) is 12.4. The van der Waals surface area contributed by atoms with Crippen LogP contribution in [0.15, 0.2) is 187 Å². The van der Waals surface area contributed by atoms with Crippen LogP contribution in [0.2, 0.25) is 0 Å². The third-order valence-corrected chi connectivity index (χ3v) is 11.0. The van der Waals surface area contributed by atoms with Crippen molar-refractivity contribution in [1.29, 1.82) is 0 Å². The van der Waals surface area contributed by atoms with Crippen molar-refractivity contribution >= 4 is 55.5 Å². The lowest BCUT2D eigenvalue weighted by atomic mass is 9.85. The van der Waals surface area contributed by atoms with E-state index in [1.165, 1.54) is 59.4 Å². The molecule has 0 radical (unpaired) electrons. The number of thioether (sulfide) groups is 1. The summed E-state index contributed by atoms with van der Waals surface area (Å²) >= 11 is 1.90. The van der Waals surface area contributed by atoms with E-state index >= 15 is 0 Å². The molecule has 6 aromatic carbocycles. The third-order valence-electron chi connectivity index (χ3n) is 9.68. The van der Waals surface area contributed by atoms with Crippen LogP contribution in [0.1, 0.15) is 17.5 Å². The number of allylic oxidation sites excluding steroid dienone is 5. The van der Waals surface area contributed by atoms with E-state index in [1.54, 1.807) is 0 Å². The average Bonchev–Trinajstić information content (AvgIpc) is 3.48. The van der Waals surface area contributed by atoms with Crippen molar-refractivity contribution in [1.82, 2.24) is 4.57 Å². The average molecular weight is 647 g/mol. The van der Waals surface area contributed by atoms with E-state index in [-0.39, 0.29) is 0 Å². The molecule has 234 valence electrons. The zero-order valence-electron chi connectivity index (χ0n) is 27.1. The summed E-state index contributed by atoms with van der Waals surface area (Å²) in [4.78, 5) is 5.21. The molecule has 0 unspecified atom stereocenters. The van der Waals surface area contributed by atoms with Gasteiger partial charge in [-0.15, -0.1) is 0 Å². The summed E-state index contributed by atoms with van der Waals surface area (Å²) in [5.74, 6) is 0. The minimum Gasteiger partial charge on any atom is -0.310 e. The van der Waals surface area contributed by atoms with Crippen molar-refractivity contribution in [3.8, 4) is 16.8 Å². The van der Waals surface area contributed by atoms with Gasteiger partial charge < -0.3 is 9.47 Å². The molecular weight excluding hydrogens is 613 g/mol. The lowest BCUT2D eigenvalue weighted by Crippen LogP contribution is -2.12. The van der Waals surface area contributed by atoms with E-state index in [2.05, 4.69) is 174 Å². The van der Waals surface area contributed by atoms with Gasteiger partial charge in [-0.05, 0) is 101 Å². The first-order chi connectivity index (χ1) is 24.3. The van der Waals surface area contributed by atoms with Crippen LogP contribution < -0.4 is 4.90 Å². The van der Waals surface area contributed by atoms with E-state index in [9.17, 15) is 0 Å². The van der Waals surface area contributed by atoms with Gasteiger partial charge in [0.15, 0.2) is 0 Å². The molecule has 0 saturated heterocycles. The summed E-state index contributed by atoms with van der Waals surface area (Å²) < 4.78 is 2.39. The lowest BCUT2D eigenvalue weighted by molar-refractivity contribution is 0.941. The van der Waals surface area contributed by atoms with Crippen LogP contribution in [0, 0.1) is 0 Å². The molecule has 7 aromatic rings. The number of rotatable bonds is 7. The predicted octanol–water partition coefficient (Wildman–Crippen LogP) is 13.0. The normalized spacial score (nSPS) is 14.7. The number of hydrogen-bond acceptors (Lipinski definition) is 2. The summed E-state index contributed by atoms with van der Waals surface area (Å²) in [6.07, 6.45) is 10.3. The number of para-hydroxylation sites is 3. The highest BCUT2D eigenvalue weighted by Crippen LogP contribution is 2.56. The Morgan fingerprint density at radius 2 is 1.31 bits per heavy atom. The van der Waals surface area contributed by atoms with Crippen LogP contribution in [0.3, 0.4) is 0 Å². The molecule has 1 aliphatic carbocycles. The van der Waals surface area contributed by atoms with Crippen LogP contribution in [-0.2, 0) is 6.42 Å². The Kier molecular flexibility index (Phi) is 7.41. The number of hydrogen-bond donors (Lipinski definition) is 0. The van der Waals surface area contributed by atoms with E-state index in [4.69, 9.17) is 0 Å². The lowest BCUT2D eigenvalue weighted by Gasteiger charge is -2.33. The van der Waals surface area contributed by atoms with E-state index in [0.717, 1.165) is 35.6 Å². The van der Waals surface area contributed by atoms with Gasteiger partial charge in [0.1, 0.15) is 0 Å². The molecule has 0 fully saturated rings. The number of benzene rings is 6. The van der Waals surface area contributed by atoms with Crippen LogP contribution >= 0.6 is 11.8 Å². The highest BCUT2D eigenvalue weighted by Gasteiger charge is 2.31. The highest BCUT2D eigenvalue weighted by molar-refractivity contribution is 8.13. The maximum absolute atomic E-state index is 3.80. The van der Waals surface area contributed by atoms with Gasteiger partial charge >= 0.3 is 0 Å². The summed E-state index contributed by atoms with van der Waals surface area (Å²) in [6, 6.07) is 52.9. The summed E-state index contributed by atoms with van der Waals surface area (Å²) in [5, 5.41) is 2.51. The summed E-state index contributed by atoms with van der Waals surface area (Å²) in [7, 11) is 0. The first kappa shape index (κ1) is 29.4. The molecule has 0 spiro atoms.